The number of hydrazone groups is 1. The van der Waals surface area contributed by atoms with E-state index in [1.165, 1.54) is 24.9 Å². The van der Waals surface area contributed by atoms with Gasteiger partial charge in [-0.25, -0.2) is 5.43 Å². The van der Waals surface area contributed by atoms with Gasteiger partial charge in [0.15, 0.2) is 34.0 Å². The lowest BCUT2D eigenvalue weighted by Crippen LogP contribution is -2.21. The van der Waals surface area contributed by atoms with E-state index in [1.807, 2.05) is 29.7 Å². The van der Waals surface area contributed by atoms with Gasteiger partial charge in [-0.3, -0.25) is 4.79 Å². The first-order valence-corrected chi connectivity index (χ1v) is 11.4. The SMILES string of the molecule is CCn1c(SCC(=O)N/N=C(\C)c2ccc(O)c(OC)c2)nnc1-c1ccc(OC)c(OC)c1. The highest BCUT2D eigenvalue weighted by Gasteiger charge is 2.16. The normalized spacial score (nSPS) is 11.3. The number of aromatic hydroxyl groups is 1. The van der Waals surface area contributed by atoms with Crippen LogP contribution < -0.4 is 19.6 Å². The minimum atomic E-state index is -0.284. The molecular formula is C23H27N5O5S. The molecule has 1 heterocycles. The van der Waals surface area contributed by atoms with Crippen molar-refractivity contribution in [2.45, 2.75) is 25.5 Å². The maximum absolute atomic E-state index is 12.4. The number of hydrogen-bond acceptors (Lipinski definition) is 9. The Bertz CT molecular complexity index is 1190. The van der Waals surface area contributed by atoms with E-state index in [0.29, 0.717) is 46.0 Å². The summed E-state index contributed by atoms with van der Waals surface area (Å²) in [7, 11) is 4.63. The number of thioether (sulfide) groups is 1. The molecule has 0 aliphatic carbocycles. The summed E-state index contributed by atoms with van der Waals surface area (Å²) < 4.78 is 17.7. The van der Waals surface area contributed by atoms with Crippen molar-refractivity contribution in [3.8, 4) is 34.4 Å². The van der Waals surface area contributed by atoms with Gasteiger partial charge in [0.1, 0.15) is 0 Å². The first-order valence-electron chi connectivity index (χ1n) is 10.4. The summed E-state index contributed by atoms with van der Waals surface area (Å²) in [5.41, 5.74) is 4.66. The van der Waals surface area contributed by atoms with Crippen molar-refractivity contribution in [1.29, 1.82) is 0 Å². The number of benzene rings is 2. The number of aromatic nitrogens is 3. The van der Waals surface area contributed by atoms with Crippen molar-refractivity contribution in [3.05, 3.63) is 42.0 Å². The first kappa shape index (κ1) is 24.9. The van der Waals surface area contributed by atoms with Gasteiger partial charge in [-0.15, -0.1) is 10.2 Å². The van der Waals surface area contributed by atoms with E-state index in [0.717, 1.165) is 5.56 Å². The van der Waals surface area contributed by atoms with Crippen LogP contribution in [0.25, 0.3) is 11.4 Å². The second kappa shape index (κ2) is 11.4. The number of phenolic OH excluding ortho intramolecular Hbond substituents is 1. The molecule has 2 N–H and O–H groups in total. The van der Waals surface area contributed by atoms with E-state index in [1.54, 1.807) is 33.3 Å². The molecule has 11 heteroatoms. The van der Waals surface area contributed by atoms with Crippen molar-refractivity contribution >= 4 is 23.4 Å². The molecule has 0 aliphatic rings. The van der Waals surface area contributed by atoms with Crippen molar-refractivity contribution < 1.29 is 24.1 Å². The molecule has 0 saturated carbocycles. The number of hydrogen-bond donors (Lipinski definition) is 2. The number of ether oxygens (including phenoxy) is 3. The Balaban J connectivity index is 1.67. The standard InChI is InChI=1S/C23H27N5O5S/c1-6-28-22(16-8-10-18(31-3)20(12-16)33-5)26-27-23(28)34-13-21(30)25-24-14(2)15-7-9-17(29)19(11-15)32-4/h7-12,29H,6,13H2,1-5H3,(H,25,30)/b24-14+. The topological polar surface area (TPSA) is 120 Å². The Kier molecular flexibility index (Phi) is 8.36. The second-order valence-electron chi connectivity index (χ2n) is 7.03. The quantitative estimate of drug-likeness (QED) is 0.255. The predicted octanol–water partition coefficient (Wildman–Crippen LogP) is 3.33. The fraction of sp³-hybridized carbons (Fsp3) is 0.304. The number of nitrogens with zero attached hydrogens (tertiary/aromatic N) is 4. The third-order valence-corrected chi connectivity index (χ3v) is 5.92. The van der Waals surface area contributed by atoms with E-state index < -0.39 is 0 Å². The Morgan fingerprint density at radius 1 is 1.06 bits per heavy atom. The third-order valence-electron chi connectivity index (χ3n) is 4.95. The van der Waals surface area contributed by atoms with Crippen LogP contribution in [0.1, 0.15) is 19.4 Å². The Labute approximate surface area is 201 Å². The van der Waals surface area contributed by atoms with Gasteiger partial charge in [0, 0.05) is 17.7 Å². The summed E-state index contributed by atoms with van der Waals surface area (Å²) >= 11 is 1.27. The zero-order chi connectivity index (χ0) is 24.7. The van der Waals surface area contributed by atoms with Gasteiger partial charge in [-0.1, -0.05) is 11.8 Å². The number of rotatable bonds is 10. The highest BCUT2D eigenvalue weighted by atomic mass is 32.2. The lowest BCUT2D eigenvalue weighted by Gasteiger charge is -2.11. The summed E-state index contributed by atoms with van der Waals surface area (Å²) in [6.45, 7) is 4.36. The smallest absolute Gasteiger partial charge is 0.250 e. The summed E-state index contributed by atoms with van der Waals surface area (Å²) in [4.78, 5) is 12.4. The molecule has 1 aromatic heterocycles. The molecule has 0 spiro atoms. The van der Waals surface area contributed by atoms with E-state index in [2.05, 4.69) is 20.7 Å². The van der Waals surface area contributed by atoms with Crippen LogP contribution in [0.2, 0.25) is 0 Å². The van der Waals surface area contributed by atoms with Gasteiger partial charge >= 0.3 is 0 Å². The molecule has 0 radical (unpaired) electrons. The van der Waals surface area contributed by atoms with Crippen LogP contribution in [-0.4, -0.2) is 58.6 Å². The molecule has 0 atom stereocenters. The van der Waals surface area contributed by atoms with E-state index in [-0.39, 0.29) is 17.4 Å². The van der Waals surface area contributed by atoms with Crippen molar-refractivity contribution in [2.24, 2.45) is 5.10 Å². The molecule has 0 unspecified atom stereocenters. The molecular weight excluding hydrogens is 458 g/mol. The predicted molar refractivity (Wildman–Crippen MR) is 130 cm³/mol. The highest BCUT2D eigenvalue weighted by Crippen LogP contribution is 2.33. The molecule has 3 aromatic rings. The zero-order valence-electron chi connectivity index (χ0n) is 19.7. The molecule has 2 aromatic carbocycles. The molecule has 0 aliphatic heterocycles. The highest BCUT2D eigenvalue weighted by molar-refractivity contribution is 7.99. The van der Waals surface area contributed by atoms with Gasteiger partial charge < -0.3 is 23.9 Å². The zero-order valence-corrected chi connectivity index (χ0v) is 20.5. The summed E-state index contributed by atoms with van der Waals surface area (Å²) in [6.07, 6.45) is 0. The van der Waals surface area contributed by atoms with Crippen LogP contribution in [0.3, 0.4) is 0 Å². The van der Waals surface area contributed by atoms with Gasteiger partial charge in [0.25, 0.3) is 5.91 Å². The molecule has 10 nitrogen and oxygen atoms in total. The molecule has 180 valence electrons. The van der Waals surface area contributed by atoms with Crippen LogP contribution in [-0.2, 0) is 11.3 Å². The fourth-order valence-corrected chi connectivity index (χ4v) is 3.94. The minimum absolute atomic E-state index is 0.0342. The van der Waals surface area contributed by atoms with Crippen LogP contribution >= 0.6 is 11.8 Å². The summed E-state index contributed by atoms with van der Waals surface area (Å²) in [5.74, 6) is 2.08. The van der Waals surface area contributed by atoms with Gasteiger partial charge in [-0.05, 0) is 50.2 Å². The van der Waals surface area contributed by atoms with Crippen LogP contribution in [0.15, 0.2) is 46.7 Å². The number of nitrogens with one attached hydrogen (secondary N) is 1. The fourth-order valence-electron chi connectivity index (χ4n) is 3.15. The molecule has 1 amide bonds. The maximum atomic E-state index is 12.4. The van der Waals surface area contributed by atoms with E-state index >= 15 is 0 Å². The summed E-state index contributed by atoms with van der Waals surface area (Å²) in [5, 5.41) is 23.0. The van der Waals surface area contributed by atoms with Gasteiger partial charge in [0.2, 0.25) is 0 Å². The number of carbonyl (C=O) groups is 1. The average Bonchev–Trinajstić information content (AvgIpc) is 3.28. The maximum Gasteiger partial charge on any atom is 0.250 e. The van der Waals surface area contributed by atoms with Crippen LogP contribution in [0, 0.1) is 0 Å². The average molecular weight is 486 g/mol. The monoisotopic (exact) mass is 485 g/mol. The van der Waals surface area contributed by atoms with Gasteiger partial charge in [0.05, 0.1) is 32.8 Å². The lowest BCUT2D eigenvalue weighted by atomic mass is 10.1. The number of phenols is 1. The lowest BCUT2D eigenvalue weighted by molar-refractivity contribution is -0.118. The Morgan fingerprint density at radius 3 is 2.47 bits per heavy atom. The second-order valence-corrected chi connectivity index (χ2v) is 7.97. The van der Waals surface area contributed by atoms with Gasteiger partial charge in [-0.2, -0.15) is 5.10 Å². The van der Waals surface area contributed by atoms with E-state index in [4.69, 9.17) is 14.2 Å². The molecule has 3 rings (SSSR count). The third kappa shape index (κ3) is 5.60. The van der Waals surface area contributed by atoms with Crippen molar-refractivity contribution in [1.82, 2.24) is 20.2 Å². The minimum Gasteiger partial charge on any atom is -0.504 e. The molecule has 34 heavy (non-hydrogen) atoms. The van der Waals surface area contributed by atoms with Crippen molar-refractivity contribution in [2.75, 3.05) is 27.1 Å². The Morgan fingerprint density at radius 2 is 1.79 bits per heavy atom. The largest absolute Gasteiger partial charge is 0.504 e. The molecule has 0 bridgehead atoms. The number of methoxy groups -OCH3 is 3. The van der Waals surface area contributed by atoms with Crippen LogP contribution in [0.5, 0.6) is 23.0 Å². The molecule has 0 saturated heterocycles. The van der Waals surface area contributed by atoms with Crippen LogP contribution in [0.4, 0.5) is 0 Å². The number of amides is 1. The number of carbonyl (C=O) groups excluding carboxylic acids is 1. The summed E-state index contributed by atoms with van der Waals surface area (Å²) in [6, 6.07) is 10.4. The van der Waals surface area contributed by atoms with E-state index in [9.17, 15) is 9.90 Å². The van der Waals surface area contributed by atoms with Crippen molar-refractivity contribution in [3.63, 3.8) is 0 Å². The molecule has 0 fully saturated rings. The Hall–Kier alpha value is -3.73. The first-order chi connectivity index (χ1) is 16.4.